The summed E-state index contributed by atoms with van der Waals surface area (Å²) in [5, 5.41) is 11.6. The molecule has 0 radical (unpaired) electrons. The van der Waals surface area contributed by atoms with Gasteiger partial charge < -0.3 is 33.5 Å². The van der Waals surface area contributed by atoms with Gasteiger partial charge >= 0.3 is 0 Å². The Morgan fingerprint density at radius 3 is 1.94 bits per heavy atom. The van der Waals surface area contributed by atoms with Crippen molar-refractivity contribution in [2.75, 3.05) is 42.7 Å². The highest BCUT2D eigenvalue weighted by atomic mass is 16.7. The molecule has 0 aliphatic heterocycles. The molecule has 3 unspecified atom stereocenters. The molecule has 2 aromatic carbocycles. The molecule has 0 fully saturated rings. The van der Waals surface area contributed by atoms with Gasteiger partial charge in [-0.05, 0) is 29.8 Å². The quantitative estimate of drug-likeness (QED) is 0.511. The highest BCUT2D eigenvalue weighted by Crippen LogP contribution is 2.63. The summed E-state index contributed by atoms with van der Waals surface area (Å²) in [6, 6.07) is 11.2. The standard InChI is InChI=1S/C24H28O7/c1-26-17-11-7-9-15-19(17)22(25,21(15)28-3)13-14-23(29-4)20-16(24(23,30-5)31-6)10-8-12-18(20)27-2/h7-14,21,25H,1-6H3/b14-13+. The first-order valence-electron chi connectivity index (χ1n) is 9.91. The van der Waals surface area contributed by atoms with Gasteiger partial charge in [0.15, 0.2) is 5.60 Å². The smallest absolute Gasteiger partial charge is 0.233 e. The Kier molecular flexibility index (Phi) is 5.36. The van der Waals surface area contributed by atoms with E-state index in [9.17, 15) is 5.11 Å². The van der Waals surface area contributed by atoms with Crippen molar-refractivity contribution in [3.05, 3.63) is 70.8 Å². The molecule has 0 amide bonds. The third-order valence-electron chi connectivity index (χ3n) is 6.53. The second-order valence-electron chi connectivity index (χ2n) is 7.55. The molecule has 7 nitrogen and oxygen atoms in total. The minimum absolute atomic E-state index is 0.556. The average Bonchev–Trinajstić information content (AvgIpc) is 2.80. The normalized spacial score (nSPS) is 27.8. The molecule has 7 heteroatoms. The lowest BCUT2D eigenvalue weighted by atomic mass is 9.64. The molecule has 31 heavy (non-hydrogen) atoms. The molecular formula is C24H28O7. The van der Waals surface area contributed by atoms with Gasteiger partial charge in [0.05, 0.1) is 14.2 Å². The molecule has 166 valence electrons. The number of rotatable bonds is 8. The van der Waals surface area contributed by atoms with E-state index in [1.54, 1.807) is 54.8 Å². The zero-order valence-electron chi connectivity index (χ0n) is 18.6. The van der Waals surface area contributed by atoms with Crippen molar-refractivity contribution in [2.24, 2.45) is 0 Å². The largest absolute Gasteiger partial charge is 0.496 e. The van der Waals surface area contributed by atoms with Gasteiger partial charge in [-0.15, -0.1) is 0 Å². The minimum atomic E-state index is -1.42. The van der Waals surface area contributed by atoms with E-state index in [0.29, 0.717) is 17.1 Å². The molecule has 2 aromatic rings. The van der Waals surface area contributed by atoms with E-state index < -0.39 is 23.1 Å². The number of benzene rings is 2. The van der Waals surface area contributed by atoms with Gasteiger partial charge in [0, 0.05) is 45.1 Å². The van der Waals surface area contributed by atoms with Crippen molar-refractivity contribution in [2.45, 2.75) is 23.1 Å². The summed E-state index contributed by atoms with van der Waals surface area (Å²) in [5.41, 5.74) is 0.517. The fraction of sp³-hybridized carbons (Fsp3) is 0.417. The molecule has 0 spiro atoms. The molecule has 0 saturated heterocycles. The molecular weight excluding hydrogens is 400 g/mol. The maximum Gasteiger partial charge on any atom is 0.233 e. The topological polar surface area (TPSA) is 75.6 Å². The van der Waals surface area contributed by atoms with Crippen LogP contribution in [0, 0.1) is 0 Å². The second-order valence-corrected chi connectivity index (χ2v) is 7.55. The van der Waals surface area contributed by atoms with Gasteiger partial charge in [-0.3, -0.25) is 0 Å². The Hall–Kier alpha value is -2.42. The summed E-state index contributed by atoms with van der Waals surface area (Å²) in [6.45, 7) is 0. The third-order valence-corrected chi connectivity index (χ3v) is 6.53. The first-order chi connectivity index (χ1) is 14.9. The van der Waals surface area contributed by atoms with Crippen LogP contribution in [-0.2, 0) is 35.9 Å². The third kappa shape index (κ3) is 2.52. The van der Waals surface area contributed by atoms with Crippen molar-refractivity contribution >= 4 is 0 Å². The van der Waals surface area contributed by atoms with Gasteiger partial charge in [-0.25, -0.2) is 0 Å². The van der Waals surface area contributed by atoms with E-state index in [-0.39, 0.29) is 0 Å². The van der Waals surface area contributed by atoms with Gasteiger partial charge in [-0.1, -0.05) is 24.3 Å². The predicted octanol–water partition coefficient (Wildman–Crippen LogP) is 3.15. The van der Waals surface area contributed by atoms with Crippen molar-refractivity contribution in [3.8, 4) is 11.5 Å². The zero-order valence-corrected chi connectivity index (χ0v) is 18.6. The summed E-state index contributed by atoms with van der Waals surface area (Å²) in [4.78, 5) is 0. The van der Waals surface area contributed by atoms with E-state index in [1.165, 1.54) is 0 Å². The van der Waals surface area contributed by atoms with Crippen LogP contribution in [0.2, 0.25) is 0 Å². The highest BCUT2D eigenvalue weighted by molar-refractivity contribution is 5.61. The van der Waals surface area contributed by atoms with Crippen LogP contribution in [0.15, 0.2) is 48.6 Å². The van der Waals surface area contributed by atoms with Crippen molar-refractivity contribution in [1.29, 1.82) is 0 Å². The summed E-state index contributed by atoms with van der Waals surface area (Å²) < 4.78 is 34.4. The Labute approximate surface area is 182 Å². The van der Waals surface area contributed by atoms with Crippen LogP contribution in [0.25, 0.3) is 0 Å². The lowest BCUT2D eigenvalue weighted by Gasteiger charge is -2.56. The number of hydrogen-bond acceptors (Lipinski definition) is 7. The summed E-state index contributed by atoms with van der Waals surface area (Å²) in [7, 11) is 9.42. The van der Waals surface area contributed by atoms with E-state index in [2.05, 4.69) is 0 Å². The van der Waals surface area contributed by atoms with Gasteiger partial charge in [0.2, 0.25) is 5.79 Å². The number of fused-ring (bicyclic) bond motifs is 2. The molecule has 3 atom stereocenters. The van der Waals surface area contributed by atoms with Crippen LogP contribution in [0.4, 0.5) is 0 Å². The fourth-order valence-electron chi connectivity index (χ4n) is 5.14. The van der Waals surface area contributed by atoms with Crippen LogP contribution in [0.1, 0.15) is 28.4 Å². The monoisotopic (exact) mass is 428 g/mol. The van der Waals surface area contributed by atoms with Gasteiger partial charge in [0.25, 0.3) is 0 Å². The number of hydrogen-bond donors (Lipinski definition) is 1. The average molecular weight is 428 g/mol. The molecule has 1 N–H and O–H groups in total. The molecule has 0 saturated carbocycles. The number of methoxy groups -OCH3 is 6. The Balaban J connectivity index is 1.88. The Morgan fingerprint density at radius 2 is 1.39 bits per heavy atom. The van der Waals surface area contributed by atoms with Crippen molar-refractivity contribution < 1.29 is 33.5 Å². The molecule has 2 aliphatic carbocycles. The van der Waals surface area contributed by atoms with Gasteiger partial charge in [0.1, 0.15) is 23.2 Å². The van der Waals surface area contributed by atoms with E-state index in [1.807, 2.05) is 36.4 Å². The molecule has 0 heterocycles. The van der Waals surface area contributed by atoms with Crippen LogP contribution in [0.5, 0.6) is 11.5 Å². The summed E-state index contributed by atoms with van der Waals surface area (Å²) >= 11 is 0. The van der Waals surface area contributed by atoms with E-state index >= 15 is 0 Å². The fourth-order valence-corrected chi connectivity index (χ4v) is 5.14. The van der Waals surface area contributed by atoms with Crippen molar-refractivity contribution in [1.82, 2.24) is 0 Å². The van der Waals surface area contributed by atoms with Crippen molar-refractivity contribution in [3.63, 3.8) is 0 Å². The summed E-state index contributed by atoms with van der Waals surface area (Å²) in [6.07, 6.45) is 2.86. The predicted molar refractivity (Wildman–Crippen MR) is 113 cm³/mol. The number of ether oxygens (including phenoxy) is 6. The maximum absolute atomic E-state index is 11.6. The lowest BCUT2D eigenvalue weighted by Crippen LogP contribution is -2.61. The first kappa shape index (κ1) is 21.8. The van der Waals surface area contributed by atoms with Crippen LogP contribution < -0.4 is 9.47 Å². The molecule has 2 aliphatic rings. The first-order valence-corrected chi connectivity index (χ1v) is 9.91. The maximum atomic E-state index is 11.6. The molecule has 4 rings (SSSR count). The molecule has 0 bridgehead atoms. The number of aliphatic hydroxyl groups is 1. The van der Waals surface area contributed by atoms with E-state index in [4.69, 9.17) is 28.4 Å². The van der Waals surface area contributed by atoms with E-state index in [0.717, 1.165) is 16.7 Å². The van der Waals surface area contributed by atoms with Crippen LogP contribution >= 0.6 is 0 Å². The zero-order chi connectivity index (χ0) is 22.4. The second kappa shape index (κ2) is 7.62. The van der Waals surface area contributed by atoms with Crippen LogP contribution in [0.3, 0.4) is 0 Å². The lowest BCUT2D eigenvalue weighted by molar-refractivity contribution is -0.332. The van der Waals surface area contributed by atoms with Gasteiger partial charge in [-0.2, -0.15) is 0 Å². The highest BCUT2D eigenvalue weighted by Gasteiger charge is 2.67. The minimum Gasteiger partial charge on any atom is -0.496 e. The Bertz CT molecular complexity index is 1010. The van der Waals surface area contributed by atoms with Crippen LogP contribution in [-0.4, -0.2) is 47.8 Å². The molecule has 0 aromatic heterocycles. The SMILES string of the molecule is COc1cccc2c1C(O)(/C=C/C1(OC)c3c(OC)cccc3C1(OC)OC)C2OC. The summed E-state index contributed by atoms with van der Waals surface area (Å²) in [5.74, 6) is 0.00496. The Morgan fingerprint density at radius 1 is 0.774 bits per heavy atom.